The Balaban J connectivity index is 2.13. The van der Waals surface area contributed by atoms with Crippen LogP contribution < -0.4 is 4.80 Å². The molecule has 23 heavy (non-hydrogen) atoms. The van der Waals surface area contributed by atoms with Crippen LogP contribution in [0, 0.1) is 0 Å². The fourth-order valence-electron chi connectivity index (χ4n) is 2.45. The number of rotatable bonds is 4. The Morgan fingerprint density at radius 3 is 2.91 bits per heavy atom. The third kappa shape index (κ3) is 2.90. The second kappa shape index (κ2) is 6.34. The monoisotopic (exact) mass is 326 g/mol. The molecule has 0 aliphatic heterocycles. The summed E-state index contributed by atoms with van der Waals surface area (Å²) in [5.74, 6) is -0.277. The number of hydrogen-bond donors (Lipinski definition) is 0. The third-order valence-electron chi connectivity index (χ3n) is 3.48. The molecule has 6 heteroatoms. The van der Waals surface area contributed by atoms with Crippen LogP contribution >= 0.6 is 11.3 Å². The average molecular weight is 326 g/mol. The molecule has 2 heterocycles. The van der Waals surface area contributed by atoms with Crippen molar-refractivity contribution in [2.45, 2.75) is 26.4 Å². The van der Waals surface area contributed by atoms with E-state index >= 15 is 0 Å². The van der Waals surface area contributed by atoms with Crippen LogP contribution in [0.25, 0.3) is 10.2 Å². The maximum atomic E-state index is 12.6. The van der Waals surface area contributed by atoms with E-state index in [2.05, 4.69) is 16.7 Å². The van der Waals surface area contributed by atoms with Crippen molar-refractivity contribution in [2.75, 3.05) is 0 Å². The van der Waals surface area contributed by atoms with Gasteiger partial charge in [-0.2, -0.15) is 10.1 Å². The molecule has 0 radical (unpaired) electrons. The van der Waals surface area contributed by atoms with Gasteiger partial charge in [-0.05, 0) is 32.0 Å². The number of fused-ring (bicyclic) bond motifs is 1. The molecule has 0 spiro atoms. The number of hydrogen-bond acceptors (Lipinski definition) is 3. The second-order valence-electron chi connectivity index (χ2n) is 5.42. The lowest BCUT2D eigenvalue weighted by molar-refractivity contribution is 0.0986. The predicted octanol–water partition coefficient (Wildman–Crippen LogP) is 3.41. The maximum absolute atomic E-state index is 12.6. The molecule has 0 bridgehead atoms. The van der Waals surface area contributed by atoms with E-state index in [0.29, 0.717) is 17.0 Å². The number of para-hydroxylation sites is 1. The molecular weight excluding hydrogens is 308 g/mol. The van der Waals surface area contributed by atoms with Crippen molar-refractivity contribution in [2.24, 2.45) is 4.99 Å². The fourth-order valence-corrected chi connectivity index (χ4v) is 3.49. The van der Waals surface area contributed by atoms with Gasteiger partial charge >= 0.3 is 0 Å². The van der Waals surface area contributed by atoms with Gasteiger partial charge in [0.05, 0.1) is 10.2 Å². The molecule has 0 fully saturated rings. The summed E-state index contributed by atoms with van der Waals surface area (Å²) in [5, 5.41) is 4.20. The molecule has 0 unspecified atom stereocenters. The highest BCUT2D eigenvalue weighted by Gasteiger charge is 2.14. The normalized spacial score (nSPS) is 12.2. The molecule has 0 N–H and O–H groups in total. The third-order valence-corrected chi connectivity index (χ3v) is 4.53. The molecule has 0 saturated heterocycles. The highest BCUT2D eigenvalue weighted by Crippen LogP contribution is 2.17. The van der Waals surface area contributed by atoms with Crippen molar-refractivity contribution in [1.29, 1.82) is 0 Å². The minimum atomic E-state index is -0.277. The molecule has 0 aliphatic rings. The number of aromatic nitrogens is 3. The largest absolute Gasteiger partial charge is 0.312 e. The van der Waals surface area contributed by atoms with Crippen LogP contribution in [0.2, 0.25) is 0 Å². The Hall–Kier alpha value is -2.47. The molecule has 3 aromatic rings. The molecule has 0 saturated carbocycles. The summed E-state index contributed by atoms with van der Waals surface area (Å²) in [5.41, 5.74) is 1.56. The Morgan fingerprint density at radius 1 is 1.39 bits per heavy atom. The van der Waals surface area contributed by atoms with Crippen molar-refractivity contribution in [1.82, 2.24) is 14.3 Å². The van der Waals surface area contributed by atoms with E-state index < -0.39 is 0 Å². The van der Waals surface area contributed by atoms with Gasteiger partial charge < -0.3 is 4.57 Å². The highest BCUT2D eigenvalue weighted by molar-refractivity contribution is 7.16. The summed E-state index contributed by atoms with van der Waals surface area (Å²) < 4.78 is 4.79. The Labute approximate surface area is 138 Å². The van der Waals surface area contributed by atoms with E-state index in [9.17, 15) is 4.79 Å². The van der Waals surface area contributed by atoms with Gasteiger partial charge in [0.2, 0.25) is 0 Å². The lowest BCUT2D eigenvalue weighted by Gasteiger charge is -2.07. The maximum Gasteiger partial charge on any atom is 0.297 e. The topological polar surface area (TPSA) is 52.2 Å². The number of nitrogens with zero attached hydrogens (tertiary/aromatic N) is 4. The zero-order chi connectivity index (χ0) is 16.4. The minimum absolute atomic E-state index is 0.113. The molecule has 0 atom stereocenters. The number of carbonyl (C=O) groups excluding carboxylic acids is 1. The molecule has 5 nitrogen and oxygen atoms in total. The summed E-state index contributed by atoms with van der Waals surface area (Å²) in [6, 6.07) is 9.84. The van der Waals surface area contributed by atoms with E-state index in [-0.39, 0.29) is 11.9 Å². The SMILES string of the molecule is C=CCn1c(=NC(=O)c2ccnn2C(C)C)sc2ccccc21. The molecule has 0 aliphatic carbocycles. The van der Waals surface area contributed by atoms with Crippen LogP contribution in [0.15, 0.2) is 54.2 Å². The Bertz CT molecular complexity index is 929. The summed E-state index contributed by atoms with van der Waals surface area (Å²) in [7, 11) is 0. The Kier molecular flexibility index (Phi) is 4.25. The van der Waals surface area contributed by atoms with Gasteiger partial charge in [-0.15, -0.1) is 6.58 Å². The van der Waals surface area contributed by atoms with E-state index in [1.54, 1.807) is 23.0 Å². The smallest absolute Gasteiger partial charge is 0.297 e. The van der Waals surface area contributed by atoms with Crippen molar-refractivity contribution in [3.05, 3.63) is 59.7 Å². The lowest BCUT2D eigenvalue weighted by Crippen LogP contribution is -2.18. The zero-order valence-electron chi connectivity index (χ0n) is 13.1. The van der Waals surface area contributed by atoms with Crippen molar-refractivity contribution < 1.29 is 4.79 Å². The van der Waals surface area contributed by atoms with Crippen molar-refractivity contribution in [3.8, 4) is 0 Å². The number of benzene rings is 1. The average Bonchev–Trinajstić information content (AvgIpc) is 3.13. The number of amides is 1. The van der Waals surface area contributed by atoms with E-state index in [1.807, 2.05) is 42.7 Å². The molecular formula is C17H18N4OS. The van der Waals surface area contributed by atoms with Gasteiger partial charge in [-0.3, -0.25) is 9.48 Å². The number of carbonyl (C=O) groups is 1. The summed E-state index contributed by atoms with van der Waals surface area (Å²) in [6.45, 7) is 8.38. The lowest BCUT2D eigenvalue weighted by atomic mass is 10.3. The summed E-state index contributed by atoms with van der Waals surface area (Å²) in [6.07, 6.45) is 3.44. The van der Waals surface area contributed by atoms with Crippen molar-refractivity contribution in [3.63, 3.8) is 0 Å². The van der Waals surface area contributed by atoms with Gasteiger partial charge in [0, 0.05) is 18.8 Å². The van der Waals surface area contributed by atoms with E-state index in [4.69, 9.17) is 0 Å². The standard InChI is InChI=1S/C17H18N4OS/c1-4-11-20-13-7-5-6-8-15(13)23-17(20)19-16(22)14-9-10-18-21(14)12(2)3/h4-10,12H,1,11H2,2-3H3. The van der Waals surface area contributed by atoms with Crippen LogP contribution in [0.3, 0.4) is 0 Å². The number of thiazole rings is 1. The van der Waals surface area contributed by atoms with Crippen LogP contribution in [0.5, 0.6) is 0 Å². The van der Waals surface area contributed by atoms with Crippen LogP contribution in [-0.4, -0.2) is 20.3 Å². The van der Waals surface area contributed by atoms with Crippen LogP contribution in [0.1, 0.15) is 30.4 Å². The quantitative estimate of drug-likeness (QED) is 0.690. The minimum Gasteiger partial charge on any atom is -0.312 e. The first-order valence-electron chi connectivity index (χ1n) is 7.43. The van der Waals surface area contributed by atoms with Gasteiger partial charge in [0.25, 0.3) is 5.91 Å². The molecule has 118 valence electrons. The molecule has 2 aromatic heterocycles. The van der Waals surface area contributed by atoms with Crippen LogP contribution in [0.4, 0.5) is 0 Å². The predicted molar refractivity (Wildman–Crippen MR) is 92.5 cm³/mol. The number of allylic oxidation sites excluding steroid dienone is 1. The van der Waals surface area contributed by atoms with E-state index in [1.165, 1.54) is 11.3 Å². The first-order chi connectivity index (χ1) is 11.1. The zero-order valence-corrected chi connectivity index (χ0v) is 14.0. The Morgan fingerprint density at radius 2 is 2.17 bits per heavy atom. The highest BCUT2D eigenvalue weighted by atomic mass is 32.1. The molecule has 3 rings (SSSR count). The summed E-state index contributed by atoms with van der Waals surface area (Å²) in [4.78, 5) is 17.6. The fraction of sp³-hybridized carbons (Fsp3) is 0.235. The van der Waals surface area contributed by atoms with Gasteiger partial charge in [-0.1, -0.05) is 29.5 Å². The first-order valence-corrected chi connectivity index (χ1v) is 8.25. The van der Waals surface area contributed by atoms with Crippen molar-refractivity contribution >= 4 is 27.5 Å². The first kappa shape index (κ1) is 15.4. The summed E-state index contributed by atoms with van der Waals surface area (Å²) >= 11 is 1.50. The van der Waals surface area contributed by atoms with E-state index in [0.717, 1.165) is 10.2 Å². The van der Waals surface area contributed by atoms with Gasteiger partial charge in [0.15, 0.2) is 4.80 Å². The van der Waals surface area contributed by atoms with Crippen LogP contribution in [-0.2, 0) is 6.54 Å². The van der Waals surface area contributed by atoms with Gasteiger partial charge in [-0.25, -0.2) is 0 Å². The second-order valence-corrected chi connectivity index (χ2v) is 6.43. The molecule has 1 amide bonds. The van der Waals surface area contributed by atoms with Gasteiger partial charge in [0.1, 0.15) is 5.69 Å². The molecule has 1 aromatic carbocycles.